The third-order valence-electron chi connectivity index (χ3n) is 2.57. The Bertz CT molecular complexity index is 881. The SMILES string of the molecule is NC(=O)c1nc(-c2nc(N)nc(Nc3cccc(F)c3)n2)no1. The molecule has 2 heterocycles. The van der Waals surface area contributed by atoms with Crippen LogP contribution in [0, 0.1) is 5.82 Å². The number of carbonyl (C=O) groups excluding carboxylic acids is 1. The van der Waals surface area contributed by atoms with E-state index in [4.69, 9.17) is 11.5 Å². The van der Waals surface area contributed by atoms with E-state index in [0.717, 1.165) is 0 Å². The Morgan fingerprint density at radius 2 is 2.00 bits per heavy atom. The van der Waals surface area contributed by atoms with Gasteiger partial charge in [0, 0.05) is 5.69 Å². The van der Waals surface area contributed by atoms with Crippen molar-refractivity contribution in [3.05, 3.63) is 36.0 Å². The molecule has 11 heteroatoms. The van der Waals surface area contributed by atoms with Crippen molar-refractivity contribution in [1.82, 2.24) is 25.1 Å². The van der Waals surface area contributed by atoms with Crippen LogP contribution in [0.4, 0.5) is 22.0 Å². The number of hydrogen-bond acceptors (Lipinski definition) is 9. The first kappa shape index (κ1) is 14.3. The van der Waals surface area contributed by atoms with E-state index < -0.39 is 17.6 Å². The van der Waals surface area contributed by atoms with Crippen LogP contribution in [0.15, 0.2) is 28.8 Å². The van der Waals surface area contributed by atoms with E-state index in [9.17, 15) is 9.18 Å². The number of nitrogens with two attached hydrogens (primary N) is 2. The summed E-state index contributed by atoms with van der Waals surface area (Å²) in [6.45, 7) is 0. The van der Waals surface area contributed by atoms with E-state index in [2.05, 4.69) is 34.9 Å². The van der Waals surface area contributed by atoms with Crippen LogP contribution in [0.2, 0.25) is 0 Å². The summed E-state index contributed by atoms with van der Waals surface area (Å²) in [5, 5.41) is 6.29. The average Bonchev–Trinajstić information content (AvgIpc) is 2.96. The molecular weight excluding hydrogens is 307 g/mol. The molecule has 0 unspecified atom stereocenters. The summed E-state index contributed by atoms with van der Waals surface area (Å²) in [4.78, 5) is 26.4. The number of halogens is 1. The van der Waals surface area contributed by atoms with Gasteiger partial charge in [-0.1, -0.05) is 11.2 Å². The molecule has 0 aliphatic heterocycles. The zero-order valence-corrected chi connectivity index (χ0v) is 11.4. The fourth-order valence-corrected chi connectivity index (χ4v) is 1.66. The second-order valence-corrected chi connectivity index (χ2v) is 4.26. The lowest BCUT2D eigenvalue weighted by atomic mass is 10.3. The van der Waals surface area contributed by atoms with E-state index in [1.165, 1.54) is 18.2 Å². The van der Waals surface area contributed by atoms with E-state index >= 15 is 0 Å². The maximum atomic E-state index is 13.2. The molecule has 10 nitrogen and oxygen atoms in total. The highest BCUT2D eigenvalue weighted by atomic mass is 19.1. The lowest BCUT2D eigenvalue weighted by molar-refractivity contribution is 0.0958. The minimum absolute atomic E-state index is 0.0346. The Labute approximate surface area is 127 Å². The second kappa shape index (κ2) is 5.63. The number of rotatable bonds is 4. The third kappa shape index (κ3) is 3.18. The first-order valence-corrected chi connectivity index (χ1v) is 6.19. The van der Waals surface area contributed by atoms with Gasteiger partial charge in [0.1, 0.15) is 5.82 Å². The lowest BCUT2D eigenvalue weighted by Crippen LogP contribution is -2.11. The zero-order valence-electron chi connectivity index (χ0n) is 11.4. The van der Waals surface area contributed by atoms with Crippen LogP contribution in [0.25, 0.3) is 11.6 Å². The molecule has 0 saturated carbocycles. The molecule has 1 amide bonds. The maximum absolute atomic E-state index is 13.2. The van der Waals surface area contributed by atoms with Gasteiger partial charge < -0.3 is 21.3 Å². The number of primary amides is 1. The van der Waals surface area contributed by atoms with Gasteiger partial charge in [-0.3, -0.25) is 4.79 Å². The molecule has 3 rings (SSSR count). The number of aromatic nitrogens is 5. The first-order chi connectivity index (χ1) is 11.0. The molecule has 1 aromatic carbocycles. The number of carbonyl (C=O) groups is 1. The molecule has 0 atom stereocenters. The van der Waals surface area contributed by atoms with Crippen LogP contribution in [0.1, 0.15) is 10.7 Å². The Balaban J connectivity index is 1.93. The number of anilines is 3. The number of hydrogen-bond donors (Lipinski definition) is 3. The van der Waals surface area contributed by atoms with Crippen molar-refractivity contribution in [1.29, 1.82) is 0 Å². The summed E-state index contributed by atoms with van der Waals surface area (Å²) in [6.07, 6.45) is 0. The number of amides is 1. The zero-order chi connectivity index (χ0) is 16.4. The topological polar surface area (TPSA) is 159 Å². The van der Waals surface area contributed by atoms with Crippen molar-refractivity contribution in [3.8, 4) is 11.6 Å². The van der Waals surface area contributed by atoms with E-state index in [0.29, 0.717) is 5.69 Å². The van der Waals surface area contributed by atoms with Crippen molar-refractivity contribution >= 4 is 23.5 Å². The predicted molar refractivity (Wildman–Crippen MR) is 75.7 cm³/mol. The van der Waals surface area contributed by atoms with Crippen molar-refractivity contribution in [2.45, 2.75) is 0 Å². The summed E-state index contributed by atoms with van der Waals surface area (Å²) in [5.74, 6) is -1.91. The largest absolute Gasteiger partial charge is 0.368 e. The van der Waals surface area contributed by atoms with Crippen molar-refractivity contribution in [2.75, 3.05) is 11.1 Å². The normalized spacial score (nSPS) is 10.5. The minimum atomic E-state index is -0.885. The molecule has 0 bridgehead atoms. The van der Waals surface area contributed by atoms with Crippen LogP contribution in [-0.4, -0.2) is 31.0 Å². The molecule has 116 valence electrons. The molecule has 0 aliphatic carbocycles. The Morgan fingerprint density at radius 3 is 2.70 bits per heavy atom. The van der Waals surface area contributed by atoms with Gasteiger partial charge in [0.25, 0.3) is 0 Å². The number of benzene rings is 1. The molecule has 0 aliphatic rings. The Hall–Kier alpha value is -3.63. The molecule has 2 aromatic heterocycles. The summed E-state index contributed by atoms with van der Waals surface area (Å²) in [5.41, 5.74) is 11.0. The van der Waals surface area contributed by atoms with Gasteiger partial charge >= 0.3 is 11.8 Å². The van der Waals surface area contributed by atoms with Gasteiger partial charge in [0.2, 0.25) is 23.5 Å². The van der Waals surface area contributed by atoms with Gasteiger partial charge in [-0.05, 0) is 18.2 Å². The highest BCUT2D eigenvalue weighted by Gasteiger charge is 2.16. The van der Waals surface area contributed by atoms with Crippen LogP contribution in [-0.2, 0) is 0 Å². The van der Waals surface area contributed by atoms with Gasteiger partial charge in [-0.15, -0.1) is 0 Å². The molecule has 0 radical (unpaired) electrons. The lowest BCUT2D eigenvalue weighted by Gasteiger charge is -2.05. The quantitative estimate of drug-likeness (QED) is 0.622. The third-order valence-corrected chi connectivity index (χ3v) is 2.57. The molecule has 0 spiro atoms. The number of nitrogen functional groups attached to an aromatic ring is 1. The van der Waals surface area contributed by atoms with Gasteiger partial charge in [-0.2, -0.15) is 19.9 Å². The highest BCUT2D eigenvalue weighted by molar-refractivity contribution is 5.88. The van der Waals surface area contributed by atoms with Crippen LogP contribution in [0.3, 0.4) is 0 Å². The molecule has 23 heavy (non-hydrogen) atoms. The standard InChI is InChI=1S/C12H9FN8O2/c13-5-2-1-3-6(4-5)16-12-19-8(18-11(15)20-12)9-17-10(7(14)22)23-21-9/h1-4H,(H2,14,22)(H3,15,16,18,19,20). The minimum Gasteiger partial charge on any atom is -0.368 e. The van der Waals surface area contributed by atoms with Gasteiger partial charge in [0.15, 0.2) is 0 Å². The Kier molecular flexibility index (Phi) is 3.51. The van der Waals surface area contributed by atoms with E-state index in [1.54, 1.807) is 6.07 Å². The van der Waals surface area contributed by atoms with Crippen LogP contribution < -0.4 is 16.8 Å². The molecule has 3 aromatic rings. The van der Waals surface area contributed by atoms with E-state index in [1.807, 2.05) is 0 Å². The van der Waals surface area contributed by atoms with Crippen LogP contribution in [0.5, 0.6) is 0 Å². The average molecular weight is 316 g/mol. The summed E-state index contributed by atoms with van der Waals surface area (Å²) >= 11 is 0. The smallest absolute Gasteiger partial charge is 0.316 e. The predicted octanol–water partition coefficient (Wildman–Crippen LogP) is 0.485. The summed E-state index contributed by atoms with van der Waals surface area (Å²) < 4.78 is 17.8. The summed E-state index contributed by atoms with van der Waals surface area (Å²) in [7, 11) is 0. The van der Waals surface area contributed by atoms with Crippen molar-refractivity contribution in [2.24, 2.45) is 5.73 Å². The fourth-order valence-electron chi connectivity index (χ4n) is 1.66. The Morgan fingerprint density at radius 1 is 1.17 bits per heavy atom. The molecule has 0 saturated heterocycles. The number of nitrogens with one attached hydrogen (secondary N) is 1. The van der Waals surface area contributed by atoms with Crippen LogP contribution >= 0.6 is 0 Å². The monoisotopic (exact) mass is 316 g/mol. The second-order valence-electron chi connectivity index (χ2n) is 4.26. The maximum Gasteiger partial charge on any atom is 0.316 e. The highest BCUT2D eigenvalue weighted by Crippen LogP contribution is 2.18. The fraction of sp³-hybridized carbons (Fsp3) is 0. The van der Waals surface area contributed by atoms with Crippen molar-refractivity contribution < 1.29 is 13.7 Å². The van der Waals surface area contributed by atoms with Crippen molar-refractivity contribution in [3.63, 3.8) is 0 Å². The molecule has 0 fully saturated rings. The van der Waals surface area contributed by atoms with E-state index in [-0.39, 0.29) is 23.5 Å². The van der Waals surface area contributed by atoms with Gasteiger partial charge in [-0.25, -0.2) is 4.39 Å². The number of nitrogens with zero attached hydrogens (tertiary/aromatic N) is 5. The summed E-state index contributed by atoms with van der Waals surface area (Å²) in [6, 6.07) is 5.67. The molecular formula is C12H9FN8O2. The first-order valence-electron chi connectivity index (χ1n) is 6.19. The molecule has 5 N–H and O–H groups in total. The van der Waals surface area contributed by atoms with Gasteiger partial charge in [0.05, 0.1) is 0 Å².